The van der Waals surface area contributed by atoms with Gasteiger partial charge in [-0.25, -0.2) is 0 Å². The Morgan fingerprint density at radius 1 is 0.926 bits per heavy atom. The minimum absolute atomic E-state index is 0. The summed E-state index contributed by atoms with van der Waals surface area (Å²) in [5.74, 6) is -1.79. The molecule has 0 saturated carbocycles. The Morgan fingerprint density at radius 3 is 1.19 bits per heavy atom. The van der Waals surface area contributed by atoms with Crippen LogP contribution < -0.4 is 0 Å². The maximum absolute atomic E-state index is 10.8. The van der Waals surface area contributed by atoms with Crippen molar-refractivity contribution in [3.63, 3.8) is 0 Å². The lowest BCUT2D eigenvalue weighted by Gasteiger charge is -2.22. The van der Waals surface area contributed by atoms with E-state index in [1.165, 1.54) is 41.5 Å². The summed E-state index contributed by atoms with van der Waals surface area (Å²) >= 11 is 29.3. The van der Waals surface area contributed by atoms with Crippen molar-refractivity contribution in [2.24, 2.45) is 0 Å². The number of carboxylic acid groups (broad SMARTS) is 2. The zero-order valence-electron chi connectivity index (χ0n) is 16.4. The van der Waals surface area contributed by atoms with E-state index in [0.717, 1.165) is 23.5 Å². The van der Waals surface area contributed by atoms with Crippen LogP contribution in [0.15, 0.2) is 0 Å². The highest BCUT2D eigenvalue weighted by molar-refractivity contribution is 8.48. The lowest BCUT2D eigenvalue weighted by Crippen LogP contribution is -2.31. The minimum Gasteiger partial charge on any atom is -0.480 e. The van der Waals surface area contributed by atoms with Crippen LogP contribution in [0.2, 0.25) is 0 Å². The van der Waals surface area contributed by atoms with Gasteiger partial charge in [-0.15, -0.1) is 0 Å². The second-order valence-corrected chi connectivity index (χ2v) is 12.4. The predicted molar refractivity (Wildman–Crippen MR) is 130 cm³/mol. The number of thiocarbonyl (C=S) groups is 3. The fourth-order valence-electron chi connectivity index (χ4n) is 0.525. The smallest absolute Gasteiger partial charge is 0.480 e. The Kier molecular flexibility index (Phi) is 24.0. The molecule has 0 atom stereocenters. The van der Waals surface area contributed by atoms with Crippen LogP contribution in [0.25, 0.3) is 0 Å². The predicted octanol–water partition coefficient (Wildman–Crippen LogP) is 6.18. The van der Waals surface area contributed by atoms with E-state index in [4.69, 9.17) is 57.2 Å². The lowest BCUT2D eigenvalue weighted by atomic mass is 10.2. The normalized spacial score (nSPS) is 9.85. The van der Waals surface area contributed by atoms with Gasteiger partial charge in [-0.1, -0.05) is 70.5 Å². The Balaban J connectivity index is -0.000000121. The SMILES string of the molecule is CC(C)(SC(=S)SC(C)(C)C(=O)O)C(=O)O.CC(C)=O.ClC(Cl)Cl.S=C=S.[H+]. The van der Waals surface area contributed by atoms with E-state index >= 15 is 0 Å². The Hall–Kier alpha value is 0.490. The molecule has 0 aromatic carbocycles. The van der Waals surface area contributed by atoms with Gasteiger partial charge in [0.2, 0.25) is 0 Å². The molecule has 0 amide bonds. The summed E-state index contributed by atoms with van der Waals surface area (Å²) in [6.07, 6.45) is 0. The molecular formula is C14H22Cl3O5S5+. The summed E-state index contributed by atoms with van der Waals surface area (Å²) in [5, 5.41) is 17.8. The summed E-state index contributed by atoms with van der Waals surface area (Å²) < 4.78 is -0.600. The molecule has 0 aliphatic heterocycles. The largest absolute Gasteiger partial charge is 1.00 e. The van der Waals surface area contributed by atoms with Gasteiger partial charge in [0.25, 0.3) is 0 Å². The summed E-state index contributed by atoms with van der Waals surface area (Å²) in [5.41, 5.74) is 0. The molecule has 0 saturated heterocycles. The quantitative estimate of drug-likeness (QED) is 0.320. The number of carbonyl (C=O) groups is 3. The standard InChI is InChI=1S/C9H14O4S3.C3H6O.CHCl3.CS2/c1-8(2,5(10)11)15-7(14)16-9(3,4)6(12)13;1-3(2)4;2-1(3)4;2-1-3/h1-4H3,(H,10,11)(H,12,13);1-2H3;1H;/p+1. The molecule has 13 heteroatoms. The number of rotatable bonds is 4. The first-order chi connectivity index (χ1) is 11.9. The summed E-state index contributed by atoms with van der Waals surface area (Å²) in [6.45, 7) is 9.17. The van der Waals surface area contributed by atoms with Crippen LogP contribution in [0, 0.1) is 0 Å². The van der Waals surface area contributed by atoms with Gasteiger partial charge < -0.3 is 15.0 Å². The van der Waals surface area contributed by atoms with Gasteiger partial charge in [0.1, 0.15) is 18.8 Å². The van der Waals surface area contributed by atoms with E-state index in [9.17, 15) is 14.4 Å². The molecular weight excluding hydrogens is 515 g/mol. The number of hydrogen-bond acceptors (Lipinski definition) is 8. The third-order valence-electron chi connectivity index (χ3n) is 1.71. The van der Waals surface area contributed by atoms with Crippen molar-refractivity contribution in [2.45, 2.75) is 55.3 Å². The molecule has 0 fully saturated rings. The van der Waals surface area contributed by atoms with E-state index in [1.54, 1.807) is 0 Å². The van der Waals surface area contributed by atoms with Gasteiger partial charge in [-0.3, -0.25) is 9.59 Å². The Morgan fingerprint density at radius 2 is 1.07 bits per heavy atom. The Bertz CT molecular complexity index is 503. The molecule has 0 heterocycles. The number of carbonyl (C=O) groups excluding carboxylic acids is 1. The molecule has 0 unspecified atom stereocenters. The van der Waals surface area contributed by atoms with Gasteiger partial charge in [-0.2, -0.15) is 0 Å². The van der Waals surface area contributed by atoms with E-state index in [1.807, 2.05) is 4.31 Å². The van der Waals surface area contributed by atoms with Crippen molar-refractivity contribution < 1.29 is 26.0 Å². The zero-order valence-corrected chi connectivity index (χ0v) is 21.7. The molecule has 5 nitrogen and oxygen atoms in total. The van der Waals surface area contributed by atoms with Crippen molar-refractivity contribution in [2.75, 3.05) is 0 Å². The molecule has 0 aromatic rings. The summed E-state index contributed by atoms with van der Waals surface area (Å²) in [4.78, 5) is 31.1. The molecule has 0 bridgehead atoms. The summed E-state index contributed by atoms with van der Waals surface area (Å²) in [7, 11) is 0. The highest BCUT2D eigenvalue weighted by atomic mass is 35.6. The lowest BCUT2D eigenvalue weighted by molar-refractivity contribution is -0.139. The van der Waals surface area contributed by atoms with E-state index < -0.39 is 25.7 Å². The highest BCUT2D eigenvalue weighted by Crippen LogP contribution is 2.36. The molecule has 2 N–H and O–H groups in total. The fourth-order valence-corrected chi connectivity index (χ4v) is 4.20. The van der Waals surface area contributed by atoms with Crippen molar-refractivity contribution in [1.82, 2.24) is 0 Å². The number of hydrogen-bond donors (Lipinski definition) is 2. The van der Waals surface area contributed by atoms with Gasteiger partial charge in [0.15, 0.2) is 4.30 Å². The average Bonchev–Trinajstić information content (AvgIpc) is 2.35. The monoisotopic (exact) mass is 535 g/mol. The van der Waals surface area contributed by atoms with Crippen molar-refractivity contribution in [1.29, 1.82) is 0 Å². The highest BCUT2D eigenvalue weighted by Gasteiger charge is 2.34. The fraction of sp³-hybridized carbons (Fsp3) is 0.643. The first kappa shape index (κ1) is 35.0. The molecule has 27 heavy (non-hydrogen) atoms. The number of ketones is 1. The number of alkyl halides is 3. The van der Waals surface area contributed by atoms with Crippen LogP contribution in [-0.2, 0) is 14.4 Å². The molecule has 0 aromatic heterocycles. The summed E-state index contributed by atoms with van der Waals surface area (Å²) in [6, 6.07) is 0. The first-order valence-electron chi connectivity index (χ1n) is 6.64. The van der Waals surface area contributed by atoms with Crippen LogP contribution in [-0.4, -0.2) is 49.6 Å². The van der Waals surface area contributed by atoms with E-state index in [2.05, 4.69) is 24.4 Å². The molecule has 0 aliphatic rings. The van der Waals surface area contributed by atoms with Crippen LogP contribution in [0.1, 0.15) is 43.0 Å². The van der Waals surface area contributed by atoms with E-state index in [-0.39, 0.29) is 7.21 Å². The maximum Gasteiger partial charge on any atom is 1.00 e. The maximum atomic E-state index is 10.8. The molecule has 0 rings (SSSR count). The third-order valence-corrected chi connectivity index (χ3v) is 4.41. The number of carboxylic acids is 2. The van der Waals surface area contributed by atoms with Crippen LogP contribution in [0.4, 0.5) is 0 Å². The van der Waals surface area contributed by atoms with Crippen LogP contribution in [0.5, 0.6) is 0 Å². The van der Waals surface area contributed by atoms with Crippen LogP contribution in [0.3, 0.4) is 0 Å². The van der Waals surface area contributed by atoms with Gasteiger partial charge in [-0.05, 0) is 66.0 Å². The van der Waals surface area contributed by atoms with Gasteiger partial charge in [0, 0.05) is 4.31 Å². The second-order valence-electron chi connectivity index (χ2n) is 5.32. The topological polar surface area (TPSA) is 91.7 Å². The number of thioether (sulfide) groups is 2. The number of halogens is 3. The average molecular weight is 537 g/mol. The molecule has 0 spiro atoms. The molecule has 158 valence electrons. The van der Waals surface area contributed by atoms with Crippen molar-refractivity contribution in [3.05, 3.63) is 0 Å². The first-order valence-corrected chi connectivity index (χ1v) is 10.8. The third kappa shape index (κ3) is 31.4. The second kappa shape index (κ2) is 18.5. The Labute approximate surface area is 200 Å². The number of Topliss-reactive ketones (excluding diaryl/α,β-unsaturated/α-hetero) is 1. The zero-order chi connectivity index (χ0) is 23.0. The van der Waals surface area contributed by atoms with Gasteiger partial charge in [0.05, 0.1) is 0 Å². The number of aliphatic carboxylic acids is 2. The minimum atomic E-state index is -1.04. The van der Waals surface area contributed by atoms with Crippen LogP contribution >= 0.6 is 95.0 Å². The molecule has 0 radical (unpaired) electrons. The van der Waals surface area contributed by atoms with E-state index in [0.29, 0.717) is 3.53 Å². The van der Waals surface area contributed by atoms with Gasteiger partial charge >= 0.3 is 13.4 Å². The molecule has 0 aliphatic carbocycles. The van der Waals surface area contributed by atoms with Crippen molar-refractivity contribution in [3.8, 4) is 0 Å². The van der Waals surface area contributed by atoms with Crippen molar-refractivity contribution >= 4 is 121 Å².